The first-order chi connectivity index (χ1) is 8.66. The van der Waals surface area contributed by atoms with Gasteiger partial charge in [0.2, 0.25) is 0 Å². The normalized spacial score (nSPS) is 25.3. The van der Waals surface area contributed by atoms with Crippen LogP contribution in [0, 0.1) is 5.92 Å². The molecule has 0 saturated heterocycles. The standard InChI is InChI=1S/C15H27N3/c1-12(2)18-11-16-9-15(18)10-17-14-6-4-5-13(3)7-8-14/h9,11-14,17H,4-8,10H2,1-3H3. The number of aromatic nitrogens is 2. The minimum atomic E-state index is 0.499. The van der Waals surface area contributed by atoms with E-state index in [1.807, 2.05) is 12.5 Å². The maximum Gasteiger partial charge on any atom is 0.0951 e. The Morgan fingerprint density at radius 3 is 2.94 bits per heavy atom. The molecule has 2 rings (SSSR count). The molecule has 3 nitrogen and oxygen atoms in total. The maximum atomic E-state index is 4.26. The second-order valence-electron chi connectivity index (χ2n) is 6.08. The monoisotopic (exact) mass is 249 g/mol. The van der Waals surface area contributed by atoms with Crippen LogP contribution < -0.4 is 5.32 Å². The summed E-state index contributed by atoms with van der Waals surface area (Å²) in [5, 5.41) is 3.72. The van der Waals surface area contributed by atoms with Crippen molar-refractivity contribution >= 4 is 0 Å². The summed E-state index contributed by atoms with van der Waals surface area (Å²) in [5.41, 5.74) is 1.31. The lowest BCUT2D eigenvalue weighted by atomic mass is 10.0. The maximum absolute atomic E-state index is 4.26. The highest BCUT2D eigenvalue weighted by Crippen LogP contribution is 2.22. The molecule has 1 heterocycles. The van der Waals surface area contributed by atoms with E-state index in [4.69, 9.17) is 0 Å². The zero-order valence-electron chi connectivity index (χ0n) is 12.0. The smallest absolute Gasteiger partial charge is 0.0951 e. The second kappa shape index (κ2) is 6.37. The van der Waals surface area contributed by atoms with Crippen molar-refractivity contribution in [2.45, 2.75) is 71.5 Å². The summed E-state index contributed by atoms with van der Waals surface area (Å²) in [5.74, 6) is 0.915. The minimum absolute atomic E-state index is 0.499. The molecule has 1 aromatic rings. The van der Waals surface area contributed by atoms with Crippen molar-refractivity contribution in [2.75, 3.05) is 0 Å². The molecule has 3 heteroatoms. The van der Waals surface area contributed by atoms with Gasteiger partial charge in [-0.3, -0.25) is 0 Å². The van der Waals surface area contributed by atoms with Gasteiger partial charge in [0, 0.05) is 24.8 Å². The van der Waals surface area contributed by atoms with Crippen molar-refractivity contribution < 1.29 is 0 Å². The lowest BCUT2D eigenvalue weighted by Gasteiger charge is -2.18. The highest BCUT2D eigenvalue weighted by Gasteiger charge is 2.16. The molecule has 1 aliphatic rings. The second-order valence-corrected chi connectivity index (χ2v) is 6.08. The van der Waals surface area contributed by atoms with E-state index in [0.717, 1.165) is 12.5 Å². The Morgan fingerprint density at radius 2 is 2.17 bits per heavy atom. The van der Waals surface area contributed by atoms with Gasteiger partial charge in [0.1, 0.15) is 0 Å². The van der Waals surface area contributed by atoms with Crippen LogP contribution in [0.15, 0.2) is 12.5 Å². The van der Waals surface area contributed by atoms with Crippen molar-refractivity contribution in [2.24, 2.45) is 5.92 Å². The van der Waals surface area contributed by atoms with E-state index in [1.165, 1.54) is 37.8 Å². The fourth-order valence-corrected chi connectivity index (χ4v) is 2.87. The van der Waals surface area contributed by atoms with Gasteiger partial charge in [-0.1, -0.05) is 19.8 Å². The first-order valence-electron chi connectivity index (χ1n) is 7.41. The molecule has 2 unspecified atom stereocenters. The first kappa shape index (κ1) is 13.6. The largest absolute Gasteiger partial charge is 0.331 e. The molecule has 0 amide bonds. The third-order valence-electron chi connectivity index (χ3n) is 4.13. The van der Waals surface area contributed by atoms with Crippen LogP contribution in [-0.4, -0.2) is 15.6 Å². The molecule has 0 aromatic carbocycles. The molecule has 0 bridgehead atoms. The molecule has 0 radical (unpaired) electrons. The molecule has 1 fully saturated rings. The van der Waals surface area contributed by atoms with Gasteiger partial charge >= 0.3 is 0 Å². The van der Waals surface area contributed by atoms with Crippen LogP contribution in [0.3, 0.4) is 0 Å². The van der Waals surface area contributed by atoms with Crippen LogP contribution in [0.5, 0.6) is 0 Å². The Labute approximate surface area is 111 Å². The van der Waals surface area contributed by atoms with Gasteiger partial charge in [-0.2, -0.15) is 0 Å². The van der Waals surface area contributed by atoms with Crippen LogP contribution in [0.25, 0.3) is 0 Å². The lowest BCUT2D eigenvalue weighted by molar-refractivity contribution is 0.435. The van der Waals surface area contributed by atoms with E-state index in [1.54, 1.807) is 0 Å². The van der Waals surface area contributed by atoms with E-state index in [9.17, 15) is 0 Å². The van der Waals surface area contributed by atoms with Crippen molar-refractivity contribution in [1.29, 1.82) is 0 Å². The van der Waals surface area contributed by atoms with Crippen molar-refractivity contribution in [3.63, 3.8) is 0 Å². The predicted octanol–water partition coefficient (Wildman–Crippen LogP) is 3.52. The highest BCUT2D eigenvalue weighted by molar-refractivity contribution is 4.99. The number of nitrogens with zero attached hydrogens (tertiary/aromatic N) is 2. The minimum Gasteiger partial charge on any atom is -0.331 e. The van der Waals surface area contributed by atoms with Crippen LogP contribution in [0.4, 0.5) is 0 Å². The number of nitrogens with one attached hydrogen (secondary N) is 1. The zero-order valence-corrected chi connectivity index (χ0v) is 12.0. The van der Waals surface area contributed by atoms with E-state index in [-0.39, 0.29) is 0 Å². The summed E-state index contributed by atoms with van der Waals surface area (Å²) in [6.45, 7) is 7.75. The van der Waals surface area contributed by atoms with Gasteiger partial charge in [0.25, 0.3) is 0 Å². The molecular weight excluding hydrogens is 222 g/mol. The van der Waals surface area contributed by atoms with Gasteiger partial charge in [0.05, 0.1) is 12.0 Å². The molecular formula is C15H27N3. The van der Waals surface area contributed by atoms with Gasteiger partial charge in [-0.15, -0.1) is 0 Å². The average molecular weight is 249 g/mol. The Bertz CT molecular complexity index is 356. The summed E-state index contributed by atoms with van der Waals surface area (Å²) in [4.78, 5) is 4.26. The van der Waals surface area contributed by atoms with Gasteiger partial charge in [-0.05, 0) is 39.0 Å². The fraction of sp³-hybridized carbons (Fsp3) is 0.800. The fourth-order valence-electron chi connectivity index (χ4n) is 2.87. The van der Waals surface area contributed by atoms with Crippen LogP contribution in [-0.2, 0) is 6.54 Å². The summed E-state index contributed by atoms with van der Waals surface area (Å²) in [6.07, 6.45) is 10.8. The topological polar surface area (TPSA) is 29.9 Å². The van der Waals surface area contributed by atoms with Crippen molar-refractivity contribution in [1.82, 2.24) is 14.9 Å². The van der Waals surface area contributed by atoms with Crippen LogP contribution >= 0.6 is 0 Å². The molecule has 0 spiro atoms. The number of imidazole rings is 1. The molecule has 1 aliphatic carbocycles. The van der Waals surface area contributed by atoms with Gasteiger partial charge in [-0.25, -0.2) is 4.98 Å². The molecule has 1 N–H and O–H groups in total. The predicted molar refractivity (Wildman–Crippen MR) is 75.5 cm³/mol. The van der Waals surface area contributed by atoms with E-state index in [0.29, 0.717) is 12.1 Å². The van der Waals surface area contributed by atoms with Gasteiger partial charge in [0.15, 0.2) is 0 Å². The van der Waals surface area contributed by atoms with E-state index in [2.05, 4.69) is 35.6 Å². The van der Waals surface area contributed by atoms with Crippen molar-refractivity contribution in [3.8, 4) is 0 Å². The summed E-state index contributed by atoms with van der Waals surface area (Å²) in [6, 6.07) is 1.20. The SMILES string of the molecule is CC1CCCC(NCc2cncn2C(C)C)CC1. The van der Waals surface area contributed by atoms with Gasteiger partial charge < -0.3 is 9.88 Å². The summed E-state index contributed by atoms with van der Waals surface area (Å²) in [7, 11) is 0. The highest BCUT2D eigenvalue weighted by atomic mass is 15.1. The van der Waals surface area contributed by atoms with E-state index >= 15 is 0 Å². The molecule has 1 saturated carbocycles. The average Bonchev–Trinajstić information content (AvgIpc) is 2.71. The molecule has 1 aromatic heterocycles. The Balaban J connectivity index is 1.85. The first-order valence-corrected chi connectivity index (χ1v) is 7.41. The zero-order chi connectivity index (χ0) is 13.0. The number of hydrogen-bond acceptors (Lipinski definition) is 2. The molecule has 0 aliphatic heterocycles. The summed E-state index contributed by atoms with van der Waals surface area (Å²) >= 11 is 0. The Morgan fingerprint density at radius 1 is 1.33 bits per heavy atom. The third kappa shape index (κ3) is 3.58. The summed E-state index contributed by atoms with van der Waals surface area (Å²) < 4.78 is 2.26. The van der Waals surface area contributed by atoms with E-state index < -0.39 is 0 Å². The van der Waals surface area contributed by atoms with Crippen LogP contribution in [0.1, 0.15) is 64.6 Å². The lowest BCUT2D eigenvalue weighted by Crippen LogP contribution is -2.29. The molecule has 102 valence electrons. The Kier molecular flexibility index (Phi) is 4.81. The molecule has 18 heavy (non-hydrogen) atoms. The Hall–Kier alpha value is -0.830. The quantitative estimate of drug-likeness (QED) is 0.827. The molecule has 2 atom stereocenters. The van der Waals surface area contributed by atoms with Crippen LogP contribution in [0.2, 0.25) is 0 Å². The van der Waals surface area contributed by atoms with Crippen molar-refractivity contribution in [3.05, 3.63) is 18.2 Å². The number of rotatable bonds is 4. The third-order valence-corrected chi connectivity index (χ3v) is 4.13. The number of hydrogen-bond donors (Lipinski definition) is 1.